The van der Waals surface area contributed by atoms with Crippen LogP contribution in [0.4, 0.5) is 5.69 Å². The molecule has 26 heavy (non-hydrogen) atoms. The van der Waals surface area contributed by atoms with E-state index in [1.807, 2.05) is 51.1 Å². The van der Waals surface area contributed by atoms with Crippen molar-refractivity contribution in [3.8, 4) is 0 Å². The van der Waals surface area contributed by atoms with Crippen molar-refractivity contribution in [2.24, 2.45) is 0 Å². The van der Waals surface area contributed by atoms with Gasteiger partial charge in [0.15, 0.2) is 0 Å². The Morgan fingerprint density at radius 2 is 1.69 bits per heavy atom. The summed E-state index contributed by atoms with van der Waals surface area (Å²) in [6.45, 7) is 7.42. The van der Waals surface area contributed by atoms with Gasteiger partial charge in [-0.2, -0.15) is 0 Å². The van der Waals surface area contributed by atoms with Crippen LogP contribution in [0.25, 0.3) is 0 Å². The fourth-order valence-corrected chi connectivity index (χ4v) is 3.75. The second kappa shape index (κ2) is 7.47. The van der Waals surface area contributed by atoms with Crippen molar-refractivity contribution >= 4 is 21.7 Å². The number of benzene rings is 2. The maximum Gasteiger partial charge on any atom is 0.337 e. The first-order valence-corrected chi connectivity index (χ1v) is 9.71. The third-order valence-corrected chi connectivity index (χ3v) is 5.21. The molecule has 2 rings (SSSR count). The summed E-state index contributed by atoms with van der Waals surface area (Å²) in [5.41, 5.74) is 0.751. The molecule has 0 heterocycles. The number of hydrogen-bond acceptors (Lipinski definition) is 4. The Morgan fingerprint density at radius 3 is 2.23 bits per heavy atom. The van der Waals surface area contributed by atoms with E-state index < -0.39 is 22.0 Å². The van der Waals surface area contributed by atoms with Gasteiger partial charge in [-0.3, -0.25) is 0 Å². The van der Waals surface area contributed by atoms with Gasteiger partial charge in [-0.25, -0.2) is 17.9 Å². The van der Waals surface area contributed by atoms with Crippen LogP contribution in [0.5, 0.6) is 0 Å². The predicted octanol–water partition coefficient (Wildman–Crippen LogP) is 3.63. The van der Waals surface area contributed by atoms with Crippen LogP contribution in [-0.2, 0) is 10.0 Å². The number of carbonyl (C=O) groups is 1. The molecule has 0 radical (unpaired) electrons. The Hall–Kier alpha value is -2.38. The number of anilines is 1. The number of sulfonamides is 1. The van der Waals surface area contributed by atoms with Crippen molar-refractivity contribution in [1.29, 1.82) is 0 Å². The molecular weight excluding hydrogens is 352 g/mol. The summed E-state index contributed by atoms with van der Waals surface area (Å²) in [7, 11) is -3.87. The SMILES string of the molecule is C[C@H](NS(=O)(=O)c1ccc(NC(C)(C)C)c(C(=O)O)c1)c1ccccc1. The number of aromatic carboxylic acids is 1. The summed E-state index contributed by atoms with van der Waals surface area (Å²) in [5.74, 6) is -1.19. The van der Waals surface area contributed by atoms with Gasteiger partial charge < -0.3 is 10.4 Å². The second-order valence-corrected chi connectivity index (χ2v) is 8.86. The highest BCUT2D eigenvalue weighted by Crippen LogP contribution is 2.25. The zero-order chi connectivity index (χ0) is 19.5. The van der Waals surface area contributed by atoms with Gasteiger partial charge in [0.25, 0.3) is 0 Å². The van der Waals surface area contributed by atoms with Crippen LogP contribution in [0.3, 0.4) is 0 Å². The summed E-state index contributed by atoms with van der Waals surface area (Å²) < 4.78 is 27.9. The molecule has 7 heteroatoms. The zero-order valence-electron chi connectivity index (χ0n) is 15.3. The fourth-order valence-electron chi connectivity index (χ4n) is 2.49. The van der Waals surface area contributed by atoms with Gasteiger partial charge in [0.2, 0.25) is 10.0 Å². The van der Waals surface area contributed by atoms with E-state index in [9.17, 15) is 18.3 Å². The van der Waals surface area contributed by atoms with E-state index in [2.05, 4.69) is 10.0 Å². The molecule has 0 spiro atoms. The number of carboxylic acid groups (broad SMARTS) is 1. The van der Waals surface area contributed by atoms with Crippen LogP contribution in [-0.4, -0.2) is 25.0 Å². The van der Waals surface area contributed by atoms with Crippen LogP contribution >= 0.6 is 0 Å². The molecule has 0 amide bonds. The Labute approximate surface area is 154 Å². The zero-order valence-corrected chi connectivity index (χ0v) is 16.1. The Balaban J connectivity index is 2.34. The molecule has 0 saturated heterocycles. The smallest absolute Gasteiger partial charge is 0.337 e. The number of nitrogens with one attached hydrogen (secondary N) is 2. The number of hydrogen-bond donors (Lipinski definition) is 3. The minimum absolute atomic E-state index is 0.0860. The summed E-state index contributed by atoms with van der Waals surface area (Å²) in [4.78, 5) is 11.5. The van der Waals surface area contributed by atoms with E-state index in [-0.39, 0.29) is 16.0 Å². The molecule has 2 aromatic carbocycles. The third-order valence-electron chi connectivity index (χ3n) is 3.67. The minimum Gasteiger partial charge on any atom is -0.478 e. The molecule has 0 bridgehead atoms. The Bertz CT molecular complexity index is 888. The van der Waals surface area contributed by atoms with Gasteiger partial charge in [0.05, 0.1) is 10.5 Å². The first-order valence-electron chi connectivity index (χ1n) is 8.22. The van der Waals surface area contributed by atoms with Crippen LogP contribution in [0.2, 0.25) is 0 Å². The maximum absolute atomic E-state index is 12.7. The minimum atomic E-state index is -3.87. The lowest BCUT2D eigenvalue weighted by Crippen LogP contribution is -2.29. The van der Waals surface area contributed by atoms with Crippen molar-refractivity contribution < 1.29 is 18.3 Å². The lowest BCUT2D eigenvalue weighted by molar-refractivity contribution is 0.0697. The highest BCUT2D eigenvalue weighted by molar-refractivity contribution is 7.89. The average Bonchev–Trinajstić information content (AvgIpc) is 2.53. The van der Waals surface area contributed by atoms with Crippen LogP contribution < -0.4 is 10.0 Å². The summed E-state index contributed by atoms with van der Waals surface area (Å²) in [6.07, 6.45) is 0. The van der Waals surface area contributed by atoms with Gasteiger partial charge >= 0.3 is 5.97 Å². The molecule has 0 aliphatic carbocycles. The predicted molar refractivity (Wildman–Crippen MR) is 102 cm³/mol. The average molecular weight is 376 g/mol. The van der Waals surface area contributed by atoms with E-state index in [1.165, 1.54) is 18.2 Å². The number of rotatable bonds is 6. The second-order valence-electron chi connectivity index (χ2n) is 7.14. The molecule has 3 N–H and O–H groups in total. The third kappa shape index (κ3) is 5.06. The van der Waals surface area contributed by atoms with E-state index in [1.54, 1.807) is 6.92 Å². The molecule has 0 saturated carbocycles. The van der Waals surface area contributed by atoms with Crippen LogP contribution in [0.1, 0.15) is 49.7 Å². The summed E-state index contributed by atoms with van der Waals surface area (Å²) in [6, 6.07) is 12.8. The molecule has 2 aromatic rings. The first kappa shape index (κ1) is 19.9. The molecule has 0 aromatic heterocycles. The molecule has 0 aliphatic heterocycles. The van der Waals surface area contributed by atoms with Gasteiger partial charge in [0.1, 0.15) is 0 Å². The molecule has 0 fully saturated rings. The van der Waals surface area contributed by atoms with Gasteiger partial charge in [-0.05, 0) is 51.5 Å². The fraction of sp³-hybridized carbons (Fsp3) is 0.316. The highest BCUT2D eigenvalue weighted by atomic mass is 32.2. The molecule has 140 valence electrons. The molecule has 6 nitrogen and oxygen atoms in total. The van der Waals surface area contributed by atoms with Crippen molar-refractivity contribution in [3.63, 3.8) is 0 Å². The normalized spacial score (nSPS) is 13.2. The van der Waals surface area contributed by atoms with Gasteiger partial charge in [-0.15, -0.1) is 0 Å². The molecule has 1 atom stereocenters. The van der Waals surface area contributed by atoms with Crippen molar-refractivity contribution in [2.75, 3.05) is 5.32 Å². The Kier molecular flexibility index (Phi) is 5.73. The Morgan fingerprint density at radius 1 is 1.08 bits per heavy atom. The van der Waals surface area contributed by atoms with Crippen LogP contribution in [0.15, 0.2) is 53.4 Å². The van der Waals surface area contributed by atoms with E-state index in [0.29, 0.717) is 5.69 Å². The molecular formula is C19H24N2O4S. The lowest BCUT2D eigenvalue weighted by Gasteiger charge is -2.23. The standard InChI is InChI=1S/C19H24N2O4S/c1-13(14-8-6-5-7-9-14)21-26(24,25)15-10-11-17(20-19(2,3)4)16(12-15)18(22)23/h5-13,20-21H,1-4H3,(H,22,23)/t13-/m0/s1. The van der Waals surface area contributed by atoms with E-state index >= 15 is 0 Å². The van der Waals surface area contributed by atoms with Gasteiger partial charge in [-0.1, -0.05) is 30.3 Å². The summed E-state index contributed by atoms with van der Waals surface area (Å²) >= 11 is 0. The number of carboxylic acids is 1. The van der Waals surface area contributed by atoms with Crippen molar-refractivity contribution in [3.05, 3.63) is 59.7 Å². The van der Waals surface area contributed by atoms with Crippen LogP contribution in [0, 0.1) is 0 Å². The largest absolute Gasteiger partial charge is 0.478 e. The lowest BCUT2D eigenvalue weighted by atomic mass is 10.1. The quantitative estimate of drug-likeness (QED) is 0.715. The first-order chi connectivity index (χ1) is 12.0. The maximum atomic E-state index is 12.7. The van der Waals surface area contributed by atoms with Crippen molar-refractivity contribution in [1.82, 2.24) is 4.72 Å². The van der Waals surface area contributed by atoms with Gasteiger partial charge in [0, 0.05) is 17.3 Å². The summed E-state index contributed by atoms with van der Waals surface area (Å²) in [5, 5.41) is 12.5. The van der Waals surface area contributed by atoms with E-state index in [4.69, 9.17) is 0 Å². The highest BCUT2D eigenvalue weighted by Gasteiger charge is 2.23. The molecule has 0 unspecified atom stereocenters. The molecule has 0 aliphatic rings. The van der Waals surface area contributed by atoms with Crippen molar-refractivity contribution in [2.45, 2.75) is 44.2 Å². The topological polar surface area (TPSA) is 95.5 Å². The van der Waals surface area contributed by atoms with E-state index in [0.717, 1.165) is 5.56 Å². The monoisotopic (exact) mass is 376 g/mol.